The Labute approximate surface area is 175 Å². The number of aliphatic hydroxyl groups excluding tert-OH is 3. The molecule has 4 aliphatic carbocycles. The Hall–Kier alpha value is -1.03. The van der Waals surface area contributed by atoms with Crippen molar-refractivity contribution in [2.45, 2.75) is 81.4 Å². The number of ether oxygens (including phenoxy) is 1. The van der Waals surface area contributed by atoms with Crippen LogP contribution in [0.15, 0.2) is 11.6 Å². The molecule has 0 bridgehead atoms. The Morgan fingerprint density at radius 1 is 1.10 bits per heavy atom. The molecule has 0 aromatic carbocycles. The second-order valence-corrected chi connectivity index (χ2v) is 10.5. The van der Waals surface area contributed by atoms with Gasteiger partial charge in [0.1, 0.15) is 12.2 Å². The van der Waals surface area contributed by atoms with Crippen molar-refractivity contribution in [2.24, 2.45) is 29.1 Å². The zero-order valence-electron chi connectivity index (χ0n) is 17.2. The SMILES string of the molecule is C[C@]12CC[C@H]3[C@@H](CC[C@H]4C[C@@H](O)[C@H](O)C[C@@]43OO)[C@@]1(O)[C@H](O)C[C@@H]2C1=CC(=O)OC1. The second kappa shape index (κ2) is 6.73. The normalized spacial score (nSPS) is 55.3. The molecule has 4 saturated carbocycles. The third-order valence-electron chi connectivity index (χ3n) is 9.62. The summed E-state index contributed by atoms with van der Waals surface area (Å²) in [5.41, 5.74) is -2.25. The van der Waals surface area contributed by atoms with Crippen molar-refractivity contribution in [1.29, 1.82) is 0 Å². The number of rotatable bonds is 2. The molecule has 168 valence electrons. The molecule has 5 N–H and O–H groups in total. The highest BCUT2D eigenvalue weighted by molar-refractivity contribution is 5.85. The van der Waals surface area contributed by atoms with Gasteiger partial charge in [0, 0.05) is 17.9 Å². The van der Waals surface area contributed by atoms with E-state index in [0.29, 0.717) is 38.5 Å². The summed E-state index contributed by atoms with van der Waals surface area (Å²) in [5.74, 6) is -1.22. The van der Waals surface area contributed by atoms with Gasteiger partial charge in [-0.3, -0.25) is 5.26 Å². The highest BCUT2D eigenvalue weighted by Gasteiger charge is 2.72. The first-order valence-corrected chi connectivity index (χ1v) is 11.1. The smallest absolute Gasteiger partial charge is 0.331 e. The van der Waals surface area contributed by atoms with E-state index < -0.39 is 34.9 Å². The fourth-order valence-corrected chi connectivity index (χ4v) is 8.14. The van der Waals surface area contributed by atoms with Crippen LogP contribution >= 0.6 is 0 Å². The molecule has 5 aliphatic rings. The van der Waals surface area contributed by atoms with E-state index in [0.717, 1.165) is 5.57 Å². The topological polar surface area (TPSA) is 137 Å². The number of hydrogen-bond acceptors (Lipinski definition) is 8. The van der Waals surface area contributed by atoms with Gasteiger partial charge in [-0.05, 0) is 67.8 Å². The van der Waals surface area contributed by atoms with Gasteiger partial charge in [-0.1, -0.05) is 6.92 Å². The van der Waals surface area contributed by atoms with Crippen molar-refractivity contribution in [3.05, 3.63) is 11.6 Å². The van der Waals surface area contributed by atoms with Crippen LogP contribution < -0.4 is 0 Å². The predicted octanol–water partition coefficient (Wildman–Crippen LogP) is 0.768. The van der Waals surface area contributed by atoms with Crippen LogP contribution in [0.4, 0.5) is 0 Å². The Balaban J connectivity index is 1.53. The molecule has 30 heavy (non-hydrogen) atoms. The molecule has 8 nitrogen and oxygen atoms in total. The van der Waals surface area contributed by atoms with E-state index in [1.807, 2.05) is 6.92 Å². The van der Waals surface area contributed by atoms with Gasteiger partial charge in [-0.15, -0.1) is 0 Å². The summed E-state index contributed by atoms with van der Waals surface area (Å²) in [4.78, 5) is 16.8. The number of fused-ring (bicyclic) bond motifs is 5. The summed E-state index contributed by atoms with van der Waals surface area (Å²) < 4.78 is 5.10. The number of carbonyl (C=O) groups excluding carboxylic acids is 1. The van der Waals surface area contributed by atoms with Crippen molar-refractivity contribution in [1.82, 2.24) is 0 Å². The van der Waals surface area contributed by atoms with E-state index in [1.165, 1.54) is 6.08 Å². The maximum Gasteiger partial charge on any atom is 0.331 e. The standard InChI is InChI=1S/C22H32O8/c1-20-5-4-13-14(3-2-12-7-16(23)17(24)9-21(12,13)30-28)22(20,27)18(25)8-15(20)11-6-19(26)29-10-11/h6,12-18,23-25,27-28H,2-5,7-10H2,1H3/t12-,13-,14+,15+,16+,17+,18+,20+,21+,22+/m0/s1. The molecule has 4 fully saturated rings. The Bertz CT molecular complexity index is 768. The summed E-state index contributed by atoms with van der Waals surface area (Å²) >= 11 is 0. The summed E-state index contributed by atoms with van der Waals surface area (Å²) in [6, 6.07) is 0. The van der Waals surface area contributed by atoms with Gasteiger partial charge in [-0.25, -0.2) is 9.68 Å². The fourth-order valence-electron chi connectivity index (χ4n) is 8.14. The van der Waals surface area contributed by atoms with Gasteiger partial charge in [0.2, 0.25) is 0 Å². The first kappa shape index (κ1) is 20.8. The third-order valence-corrected chi connectivity index (χ3v) is 9.62. The van der Waals surface area contributed by atoms with E-state index in [-0.39, 0.29) is 42.7 Å². The molecule has 5 rings (SSSR count). The molecule has 8 heteroatoms. The van der Waals surface area contributed by atoms with Gasteiger partial charge >= 0.3 is 5.97 Å². The van der Waals surface area contributed by atoms with Crippen LogP contribution in [0.25, 0.3) is 0 Å². The minimum absolute atomic E-state index is 0.107. The number of hydrogen-bond donors (Lipinski definition) is 5. The van der Waals surface area contributed by atoms with Crippen molar-refractivity contribution >= 4 is 5.97 Å². The Morgan fingerprint density at radius 3 is 2.53 bits per heavy atom. The monoisotopic (exact) mass is 424 g/mol. The Morgan fingerprint density at radius 2 is 1.87 bits per heavy atom. The molecule has 0 spiro atoms. The van der Waals surface area contributed by atoms with E-state index in [4.69, 9.17) is 9.62 Å². The lowest BCUT2D eigenvalue weighted by atomic mass is 9.45. The van der Waals surface area contributed by atoms with Crippen LogP contribution in [0.5, 0.6) is 0 Å². The maximum atomic E-state index is 12.1. The van der Waals surface area contributed by atoms with Crippen LogP contribution in [0.2, 0.25) is 0 Å². The highest BCUT2D eigenvalue weighted by atomic mass is 17.1. The molecule has 0 aromatic heterocycles. The van der Waals surface area contributed by atoms with Gasteiger partial charge in [0.15, 0.2) is 0 Å². The number of aliphatic hydroxyl groups is 4. The second-order valence-electron chi connectivity index (χ2n) is 10.5. The molecule has 1 aliphatic heterocycles. The molecule has 0 amide bonds. The maximum absolute atomic E-state index is 12.1. The number of cyclic esters (lactones) is 1. The molecular weight excluding hydrogens is 392 g/mol. The summed E-state index contributed by atoms with van der Waals surface area (Å²) in [6.07, 6.45) is 2.02. The van der Waals surface area contributed by atoms with Gasteiger partial charge < -0.3 is 25.2 Å². The first-order valence-electron chi connectivity index (χ1n) is 11.1. The fraction of sp³-hybridized carbons (Fsp3) is 0.864. The van der Waals surface area contributed by atoms with Crippen LogP contribution in [0.3, 0.4) is 0 Å². The largest absolute Gasteiger partial charge is 0.458 e. The highest BCUT2D eigenvalue weighted by Crippen LogP contribution is 2.68. The minimum atomic E-state index is -1.40. The lowest BCUT2D eigenvalue weighted by Crippen LogP contribution is -2.69. The molecule has 0 aromatic rings. The molecule has 10 atom stereocenters. The average Bonchev–Trinajstić information content (AvgIpc) is 3.23. The molecular formula is C22H32O8. The van der Waals surface area contributed by atoms with Crippen molar-refractivity contribution in [3.63, 3.8) is 0 Å². The minimum Gasteiger partial charge on any atom is -0.458 e. The van der Waals surface area contributed by atoms with E-state index >= 15 is 0 Å². The van der Waals surface area contributed by atoms with E-state index in [2.05, 4.69) is 0 Å². The Kier molecular flexibility index (Phi) is 4.68. The summed E-state index contributed by atoms with van der Waals surface area (Å²) in [5, 5.41) is 53.8. The van der Waals surface area contributed by atoms with Gasteiger partial charge in [-0.2, -0.15) is 0 Å². The van der Waals surface area contributed by atoms with Crippen LogP contribution in [-0.4, -0.2) is 67.8 Å². The molecule has 0 unspecified atom stereocenters. The van der Waals surface area contributed by atoms with Crippen LogP contribution in [-0.2, 0) is 14.4 Å². The number of carbonyl (C=O) groups is 1. The molecule has 0 saturated heterocycles. The average molecular weight is 424 g/mol. The zero-order valence-corrected chi connectivity index (χ0v) is 17.2. The predicted molar refractivity (Wildman–Crippen MR) is 103 cm³/mol. The summed E-state index contributed by atoms with van der Waals surface area (Å²) in [6.45, 7) is 2.19. The van der Waals surface area contributed by atoms with Gasteiger partial charge in [0.05, 0.1) is 23.9 Å². The third kappa shape index (κ3) is 2.46. The van der Waals surface area contributed by atoms with Crippen LogP contribution in [0, 0.1) is 29.1 Å². The van der Waals surface area contributed by atoms with Crippen LogP contribution in [0.1, 0.15) is 51.9 Å². The van der Waals surface area contributed by atoms with Crippen molar-refractivity contribution in [3.8, 4) is 0 Å². The molecule has 1 heterocycles. The number of esters is 1. The van der Waals surface area contributed by atoms with E-state index in [1.54, 1.807) is 0 Å². The van der Waals surface area contributed by atoms with Gasteiger partial charge in [0.25, 0.3) is 0 Å². The lowest BCUT2D eigenvalue weighted by Gasteiger charge is -2.63. The summed E-state index contributed by atoms with van der Waals surface area (Å²) in [7, 11) is 0. The zero-order chi connectivity index (χ0) is 21.5. The molecule has 0 radical (unpaired) electrons. The van der Waals surface area contributed by atoms with E-state index in [9.17, 15) is 30.5 Å². The van der Waals surface area contributed by atoms with Crippen molar-refractivity contribution in [2.75, 3.05) is 6.61 Å². The first-order chi connectivity index (χ1) is 14.2. The quantitative estimate of drug-likeness (QED) is 0.249. The lowest BCUT2D eigenvalue weighted by molar-refractivity contribution is -0.393. The van der Waals surface area contributed by atoms with Crippen molar-refractivity contribution < 1.29 is 40.1 Å².